The molecule has 2 amide bonds. The van der Waals surface area contributed by atoms with Crippen molar-refractivity contribution in [2.24, 2.45) is 0 Å². The van der Waals surface area contributed by atoms with Gasteiger partial charge in [-0.1, -0.05) is 23.5 Å². The molecular weight excluding hydrogens is 328 g/mol. The number of hydrogen-bond donors (Lipinski definition) is 2. The zero-order valence-electron chi connectivity index (χ0n) is 13.4. The van der Waals surface area contributed by atoms with Crippen molar-refractivity contribution in [3.05, 3.63) is 34.8 Å². The molecule has 1 saturated heterocycles. The van der Waals surface area contributed by atoms with Crippen LogP contribution in [0, 0.1) is 0 Å². The lowest BCUT2D eigenvalue weighted by Gasteiger charge is -2.10. The summed E-state index contributed by atoms with van der Waals surface area (Å²) in [7, 11) is 1.64. The van der Waals surface area contributed by atoms with E-state index in [1.807, 2.05) is 24.3 Å². The Labute approximate surface area is 144 Å². The number of aromatic nitrogens is 2. The van der Waals surface area contributed by atoms with Gasteiger partial charge in [0.1, 0.15) is 10.8 Å². The number of hydrogen-bond acceptors (Lipinski definition) is 6. The summed E-state index contributed by atoms with van der Waals surface area (Å²) >= 11 is 1.37. The summed E-state index contributed by atoms with van der Waals surface area (Å²) < 4.78 is 10.6. The zero-order chi connectivity index (χ0) is 16.8. The van der Waals surface area contributed by atoms with Crippen molar-refractivity contribution < 1.29 is 14.3 Å². The van der Waals surface area contributed by atoms with Crippen LogP contribution in [0.2, 0.25) is 0 Å². The molecule has 0 spiro atoms. The Morgan fingerprint density at radius 3 is 2.92 bits per heavy atom. The monoisotopic (exact) mass is 348 g/mol. The molecule has 2 heterocycles. The van der Waals surface area contributed by atoms with Gasteiger partial charge in [-0.3, -0.25) is 5.32 Å². The van der Waals surface area contributed by atoms with E-state index >= 15 is 0 Å². The highest BCUT2D eigenvalue weighted by atomic mass is 32.1. The molecule has 1 aromatic heterocycles. The van der Waals surface area contributed by atoms with Gasteiger partial charge in [-0.15, -0.1) is 10.2 Å². The number of carbonyl (C=O) groups is 1. The quantitative estimate of drug-likeness (QED) is 0.837. The molecule has 1 aliphatic heterocycles. The van der Waals surface area contributed by atoms with Gasteiger partial charge in [-0.2, -0.15) is 0 Å². The molecule has 1 fully saturated rings. The van der Waals surface area contributed by atoms with Gasteiger partial charge in [-0.25, -0.2) is 4.79 Å². The van der Waals surface area contributed by atoms with Gasteiger partial charge >= 0.3 is 6.03 Å². The van der Waals surface area contributed by atoms with Crippen molar-refractivity contribution >= 4 is 22.5 Å². The molecule has 0 aliphatic carbocycles. The third kappa shape index (κ3) is 4.65. The van der Waals surface area contributed by atoms with E-state index in [0.29, 0.717) is 18.1 Å². The lowest BCUT2D eigenvalue weighted by Crippen LogP contribution is -2.34. The van der Waals surface area contributed by atoms with Crippen molar-refractivity contribution in [2.75, 3.05) is 25.6 Å². The molecule has 0 unspecified atom stereocenters. The van der Waals surface area contributed by atoms with E-state index in [1.54, 1.807) is 7.11 Å². The normalized spacial score (nSPS) is 16.8. The van der Waals surface area contributed by atoms with Crippen LogP contribution in [0.3, 0.4) is 0 Å². The molecule has 7 nitrogen and oxygen atoms in total. The fraction of sp³-hybridized carbons (Fsp3) is 0.438. The molecule has 0 saturated carbocycles. The maximum Gasteiger partial charge on any atom is 0.321 e. The number of urea groups is 1. The predicted molar refractivity (Wildman–Crippen MR) is 91.7 cm³/mol. The maximum atomic E-state index is 11.9. The Kier molecular flexibility index (Phi) is 5.60. The molecule has 8 heteroatoms. The summed E-state index contributed by atoms with van der Waals surface area (Å²) in [5, 5.41) is 15.0. The van der Waals surface area contributed by atoms with E-state index in [-0.39, 0.29) is 12.1 Å². The lowest BCUT2D eigenvalue weighted by atomic mass is 10.1. The molecule has 1 aliphatic rings. The zero-order valence-corrected chi connectivity index (χ0v) is 14.3. The fourth-order valence-electron chi connectivity index (χ4n) is 2.45. The average Bonchev–Trinajstić information content (AvgIpc) is 3.26. The first-order chi connectivity index (χ1) is 11.7. The third-order valence-corrected chi connectivity index (χ3v) is 4.55. The molecule has 0 radical (unpaired) electrons. The largest absolute Gasteiger partial charge is 0.497 e. The fourth-order valence-corrected chi connectivity index (χ4v) is 3.22. The van der Waals surface area contributed by atoms with Crippen molar-refractivity contribution in [1.29, 1.82) is 0 Å². The summed E-state index contributed by atoms with van der Waals surface area (Å²) in [4.78, 5) is 11.9. The molecule has 128 valence electrons. The number of amides is 2. The molecule has 1 atom stereocenters. The minimum Gasteiger partial charge on any atom is -0.497 e. The second kappa shape index (κ2) is 8.07. The molecule has 3 rings (SSSR count). The van der Waals surface area contributed by atoms with E-state index in [9.17, 15) is 4.79 Å². The number of nitrogens with one attached hydrogen (secondary N) is 2. The van der Waals surface area contributed by atoms with Crippen molar-refractivity contribution in [3.8, 4) is 5.75 Å². The van der Waals surface area contributed by atoms with E-state index in [4.69, 9.17) is 9.47 Å². The van der Waals surface area contributed by atoms with Crippen molar-refractivity contribution in [1.82, 2.24) is 15.5 Å². The number of carbonyl (C=O) groups excluding carboxylic acids is 1. The van der Waals surface area contributed by atoms with Gasteiger partial charge < -0.3 is 14.8 Å². The number of ether oxygens (including phenoxy) is 2. The Hall–Kier alpha value is -2.19. The van der Waals surface area contributed by atoms with Crippen LogP contribution in [0.25, 0.3) is 0 Å². The van der Waals surface area contributed by atoms with Crippen LogP contribution in [0.5, 0.6) is 5.75 Å². The van der Waals surface area contributed by atoms with Crippen LogP contribution in [0.15, 0.2) is 24.3 Å². The topological polar surface area (TPSA) is 85.4 Å². The lowest BCUT2D eigenvalue weighted by molar-refractivity contribution is 0.112. The van der Waals surface area contributed by atoms with Gasteiger partial charge in [0.25, 0.3) is 0 Å². The number of nitrogens with zero attached hydrogens (tertiary/aromatic N) is 2. The van der Waals surface area contributed by atoms with Gasteiger partial charge in [0, 0.05) is 19.6 Å². The molecule has 2 aromatic rings. The van der Waals surface area contributed by atoms with Crippen LogP contribution in [-0.2, 0) is 11.2 Å². The Morgan fingerprint density at radius 1 is 1.38 bits per heavy atom. The van der Waals surface area contributed by atoms with Crippen molar-refractivity contribution in [2.45, 2.75) is 25.4 Å². The first-order valence-electron chi connectivity index (χ1n) is 7.84. The van der Waals surface area contributed by atoms with Crippen LogP contribution in [0.4, 0.5) is 9.93 Å². The molecule has 2 N–H and O–H groups in total. The highest BCUT2D eigenvalue weighted by Gasteiger charge is 2.16. The number of rotatable bonds is 6. The molecule has 1 aromatic carbocycles. The van der Waals surface area contributed by atoms with Crippen LogP contribution in [0.1, 0.15) is 23.4 Å². The number of methoxy groups -OCH3 is 1. The van der Waals surface area contributed by atoms with E-state index < -0.39 is 0 Å². The van der Waals surface area contributed by atoms with E-state index in [1.165, 1.54) is 11.3 Å². The molecular formula is C16H20N4O3S. The Balaban J connectivity index is 1.48. The van der Waals surface area contributed by atoms with Gasteiger partial charge in [0.2, 0.25) is 5.13 Å². The third-order valence-electron chi connectivity index (χ3n) is 3.72. The average molecular weight is 348 g/mol. The number of benzene rings is 1. The van der Waals surface area contributed by atoms with Gasteiger partial charge in [-0.05, 0) is 30.5 Å². The standard InChI is InChI=1S/C16H20N4O3S/c1-22-12-6-4-11(5-7-12)9-14-19-20-16(24-14)18-15(21)17-10-13-3-2-8-23-13/h4-7,13H,2-3,8-10H2,1H3,(H2,17,18,20,21)/t13-/m0/s1. The van der Waals surface area contributed by atoms with Crippen molar-refractivity contribution in [3.63, 3.8) is 0 Å². The minimum absolute atomic E-state index is 0.121. The highest BCUT2D eigenvalue weighted by molar-refractivity contribution is 7.15. The smallest absolute Gasteiger partial charge is 0.321 e. The van der Waals surface area contributed by atoms with Crippen LogP contribution < -0.4 is 15.4 Å². The van der Waals surface area contributed by atoms with E-state index in [2.05, 4.69) is 20.8 Å². The molecule has 0 bridgehead atoms. The predicted octanol–water partition coefficient (Wildman–Crippen LogP) is 2.44. The minimum atomic E-state index is -0.280. The van der Waals surface area contributed by atoms with Crippen LogP contribution >= 0.6 is 11.3 Å². The molecule has 24 heavy (non-hydrogen) atoms. The Bertz CT molecular complexity index is 668. The maximum absolute atomic E-state index is 11.9. The summed E-state index contributed by atoms with van der Waals surface area (Å²) in [6, 6.07) is 7.52. The second-order valence-electron chi connectivity index (χ2n) is 5.50. The van der Waals surface area contributed by atoms with E-state index in [0.717, 1.165) is 35.8 Å². The first kappa shape index (κ1) is 16.7. The summed E-state index contributed by atoms with van der Waals surface area (Å²) in [5.41, 5.74) is 1.11. The highest BCUT2D eigenvalue weighted by Crippen LogP contribution is 2.20. The van der Waals surface area contributed by atoms with Crippen LogP contribution in [-0.4, -0.2) is 42.6 Å². The Morgan fingerprint density at radius 2 is 2.21 bits per heavy atom. The second-order valence-corrected chi connectivity index (χ2v) is 6.56. The summed E-state index contributed by atoms with van der Waals surface area (Å²) in [5.74, 6) is 0.821. The van der Waals surface area contributed by atoms with Gasteiger partial charge in [0.15, 0.2) is 0 Å². The SMILES string of the molecule is COc1ccc(Cc2nnc(NC(=O)NC[C@@H]3CCCO3)s2)cc1. The first-order valence-corrected chi connectivity index (χ1v) is 8.66. The summed E-state index contributed by atoms with van der Waals surface area (Å²) in [6.07, 6.45) is 2.83. The number of anilines is 1. The summed E-state index contributed by atoms with van der Waals surface area (Å²) in [6.45, 7) is 1.29. The van der Waals surface area contributed by atoms with Gasteiger partial charge in [0.05, 0.1) is 13.2 Å².